The molecule has 0 heterocycles. The first-order chi connectivity index (χ1) is 7.18. The van der Waals surface area contributed by atoms with Gasteiger partial charge in [-0.3, -0.25) is 4.79 Å². The standard InChI is InChI=1S/C12H23NO2/c1-3-4-5-6-7-8-9-15-10-11(2)12(13)14/h2-10H2,1H3,(H2,13,14). The third kappa shape index (κ3) is 9.47. The maximum absolute atomic E-state index is 10.6. The Morgan fingerprint density at radius 3 is 2.40 bits per heavy atom. The fourth-order valence-electron chi connectivity index (χ4n) is 1.25. The van der Waals surface area contributed by atoms with Gasteiger partial charge >= 0.3 is 0 Å². The normalized spacial score (nSPS) is 10.2. The van der Waals surface area contributed by atoms with Crippen LogP contribution in [0.15, 0.2) is 12.2 Å². The Balaban J connectivity index is 3.11. The Morgan fingerprint density at radius 1 is 1.20 bits per heavy atom. The molecule has 0 bridgehead atoms. The van der Waals surface area contributed by atoms with E-state index in [1.165, 1.54) is 32.1 Å². The van der Waals surface area contributed by atoms with E-state index in [4.69, 9.17) is 10.5 Å². The molecule has 0 aliphatic rings. The summed E-state index contributed by atoms with van der Waals surface area (Å²) >= 11 is 0. The molecule has 0 rings (SSSR count). The van der Waals surface area contributed by atoms with Gasteiger partial charge in [-0.15, -0.1) is 0 Å². The van der Waals surface area contributed by atoms with Crippen molar-refractivity contribution in [1.82, 2.24) is 0 Å². The number of ether oxygens (including phenoxy) is 1. The monoisotopic (exact) mass is 213 g/mol. The topological polar surface area (TPSA) is 52.3 Å². The maximum atomic E-state index is 10.6. The van der Waals surface area contributed by atoms with E-state index in [0.717, 1.165) is 6.42 Å². The third-order valence-electron chi connectivity index (χ3n) is 2.27. The van der Waals surface area contributed by atoms with Gasteiger partial charge < -0.3 is 10.5 Å². The van der Waals surface area contributed by atoms with Gasteiger partial charge in [-0.2, -0.15) is 0 Å². The smallest absolute Gasteiger partial charge is 0.246 e. The van der Waals surface area contributed by atoms with E-state index in [9.17, 15) is 4.79 Å². The van der Waals surface area contributed by atoms with Crippen LogP contribution < -0.4 is 5.73 Å². The molecule has 15 heavy (non-hydrogen) atoms. The highest BCUT2D eigenvalue weighted by atomic mass is 16.5. The van der Waals surface area contributed by atoms with E-state index in [1.54, 1.807) is 0 Å². The summed E-state index contributed by atoms with van der Waals surface area (Å²) in [7, 11) is 0. The zero-order valence-corrected chi connectivity index (χ0v) is 9.76. The van der Waals surface area contributed by atoms with Crippen molar-refractivity contribution in [1.29, 1.82) is 0 Å². The summed E-state index contributed by atoms with van der Waals surface area (Å²) in [5.41, 5.74) is 5.36. The van der Waals surface area contributed by atoms with Crippen molar-refractivity contribution < 1.29 is 9.53 Å². The van der Waals surface area contributed by atoms with Gasteiger partial charge in [0.15, 0.2) is 0 Å². The van der Waals surface area contributed by atoms with Gasteiger partial charge in [-0.05, 0) is 6.42 Å². The summed E-state index contributed by atoms with van der Waals surface area (Å²) in [6.07, 6.45) is 7.42. The summed E-state index contributed by atoms with van der Waals surface area (Å²) in [5, 5.41) is 0. The molecule has 0 fully saturated rings. The number of hydrogen-bond donors (Lipinski definition) is 1. The van der Waals surface area contributed by atoms with Crippen molar-refractivity contribution in [3.8, 4) is 0 Å². The molecule has 3 heteroatoms. The van der Waals surface area contributed by atoms with Crippen LogP contribution in [0.25, 0.3) is 0 Å². The highest BCUT2D eigenvalue weighted by molar-refractivity contribution is 5.91. The van der Waals surface area contributed by atoms with Crippen LogP contribution in [0.4, 0.5) is 0 Å². The van der Waals surface area contributed by atoms with Crippen LogP contribution in [0, 0.1) is 0 Å². The third-order valence-corrected chi connectivity index (χ3v) is 2.27. The van der Waals surface area contributed by atoms with Crippen LogP contribution in [0.1, 0.15) is 45.4 Å². The Hall–Kier alpha value is -0.830. The first-order valence-corrected chi connectivity index (χ1v) is 5.73. The summed E-state index contributed by atoms with van der Waals surface area (Å²) in [5.74, 6) is -0.474. The van der Waals surface area contributed by atoms with E-state index in [1.807, 2.05) is 0 Å². The number of amides is 1. The molecule has 0 aliphatic heterocycles. The summed E-state index contributed by atoms with van der Waals surface area (Å²) in [6, 6.07) is 0. The second-order valence-corrected chi connectivity index (χ2v) is 3.79. The molecular formula is C12H23NO2. The number of rotatable bonds is 10. The molecular weight excluding hydrogens is 190 g/mol. The zero-order valence-electron chi connectivity index (χ0n) is 9.76. The predicted molar refractivity (Wildman–Crippen MR) is 62.5 cm³/mol. The van der Waals surface area contributed by atoms with Gasteiger partial charge in [0.05, 0.1) is 6.61 Å². The van der Waals surface area contributed by atoms with Crippen molar-refractivity contribution in [2.24, 2.45) is 5.73 Å². The lowest BCUT2D eigenvalue weighted by Gasteiger charge is -2.04. The van der Waals surface area contributed by atoms with Gasteiger partial charge in [-0.25, -0.2) is 0 Å². The number of unbranched alkanes of at least 4 members (excludes halogenated alkanes) is 5. The Bertz CT molecular complexity index is 190. The quantitative estimate of drug-likeness (QED) is 0.447. The van der Waals surface area contributed by atoms with E-state index in [0.29, 0.717) is 12.2 Å². The molecule has 0 saturated carbocycles. The van der Waals surface area contributed by atoms with Gasteiger partial charge in [0.1, 0.15) is 0 Å². The van der Waals surface area contributed by atoms with Crippen LogP contribution in [0.3, 0.4) is 0 Å². The van der Waals surface area contributed by atoms with Crippen LogP contribution in [0.5, 0.6) is 0 Å². The highest BCUT2D eigenvalue weighted by Gasteiger charge is 2.00. The number of nitrogens with two attached hydrogens (primary N) is 1. The number of primary amides is 1. The van der Waals surface area contributed by atoms with Crippen LogP contribution in [0.2, 0.25) is 0 Å². The Morgan fingerprint density at radius 2 is 1.80 bits per heavy atom. The van der Waals surface area contributed by atoms with Gasteiger partial charge in [0, 0.05) is 12.2 Å². The minimum Gasteiger partial charge on any atom is -0.377 e. The van der Waals surface area contributed by atoms with E-state index >= 15 is 0 Å². The van der Waals surface area contributed by atoms with Crippen LogP contribution >= 0.6 is 0 Å². The lowest BCUT2D eigenvalue weighted by atomic mass is 10.1. The van der Waals surface area contributed by atoms with Crippen LogP contribution in [-0.4, -0.2) is 19.1 Å². The first kappa shape index (κ1) is 14.2. The Kier molecular flexibility index (Phi) is 9.18. The molecule has 88 valence electrons. The minimum atomic E-state index is -0.474. The Labute approximate surface area is 92.7 Å². The second kappa shape index (κ2) is 9.71. The zero-order chi connectivity index (χ0) is 11.5. The average Bonchev–Trinajstić information content (AvgIpc) is 2.21. The second-order valence-electron chi connectivity index (χ2n) is 3.79. The molecule has 1 amide bonds. The number of hydrogen-bond acceptors (Lipinski definition) is 2. The average molecular weight is 213 g/mol. The molecule has 2 N–H and O–H groups in total. The molecule has 0 aromatic carbocycles. The van der Waals surface area contributed by atoms with Crippen molar-refractivity contribution in [3.05, 3.63) is 12.2 Å². The van der Waals surface area contributed by atoms with Crippen molar-refractivity contribution in [3.63, 3.8) is 0 Å². The number of carbonyl (C=O) groups excluding carboxylic acids is 1. The van der Waals surface area contributed by atoms with Gasteiger partial charge in [0.25, 0.3) is 0 Å². The van der Waals surface area contributed by atoms with E-state index in [-0.39, 0.29) is 6.61 Å². The summed E-state index contributed by atoms with van der Waals surface area (Å²) < 4.78 is 5.26. The molecule has 0 spiro atoms. The summed E-state index contributed by atoms with van der Waals surface area (Å²) in [4.78, 5) is 10.6. The molecule has 0 atom stereocenters. The van der Waals surface area contributed by atoms with Crippen LogP contribution in [-0.2, 0) is 9.53 Å². The van der Waals surface area contributed by atoms with Crippen molar-refractivity contribution in [2.75, 3.05) is 13.2 Å². The molecule has 0 saturated heterocycles. The predicted octanol–water partition coefficient (Wildman–Crippen LogP) is 2.41. The molecule has 0 aromatic heterocycles. The highest BCUT2D eigenvalue weighted by Crippen LogP contribution is 2.05. The SMILES string of the molecule is C=C(COCCCCCCCC)C(N)=O. The van der Waals surface area contributed by atoms with Gasteiger partial charge in [-0.1, -0.05) is 45.6 Å². The fraction of sp³-hybridized carbons (Fsp3) is 0.750. The summed E-state index contributed by atoms with van der Waals surface area (Å²) in [6.45, 7) is 6.68. The number of carbonyl (C=O) groups is 1. The van der Waals surface area contributed by atoms with E-state index in [2.05, 4.69) is 13.5 Å². The lowest BCUT2D eigenvalue weighted by molar-refractivity contribution is -0.115. The van der Waals surface area contributed by atoms with Crippen molar-refractivity contribution in [2.45, 2.75) is 45.4 Å². The minimum absolute atomic E-state index is 0.268. The molecule has 0 unspecified atom stereocenters. The van der Waals surface area contributed by atoms with Gasteiger partial charge in [0.2, 0.25) is 5.91 Å². The van der Waals surface area contributed by atoms with Crippen molar-refractivity contribution >= 4 is 5.91 Å². The lowest BCUT2D eigenvalue weighted by Crippen LogP contribution is -2.17. The van der Waals surface area contributed by atoms with E-state index < -0.39 is 5.91 Å². The molecule has 0 aromatic rings. The molecule has 0 radical (unpaired) electrons. The largest absolute Gasteiger partial charge is 0.377 e. The fourth-order valence-corrected chi connectivity index (χ4v) is 1.25. The molecule has 3 nitrogen and oxygen atoms in total. The first-order valence-electron chi connectivity index (χ1n) is 5.73. The maximum Gasteiger partial charge on any atom is 0.246 e. The molecule has 0 aliphatic carbocycles.